The minimum atomic E-state index is -1.19. The SMILES string of the molecule is COc1ccc(C[C@H]2C(=O)N[C@@H](C)C(=O)N[C@H]3Cc4ccc(cc4)Oc4cc(cc(Br)c4OC)C[C@@H](C(=O)N[C@H](C)C(=O)N[C@@H](C)C(=O)N2C)N(C)C3=O)cc1. The molecule has 298 valence electrons. The van der Waals surface area contributed by atoms with Crippen LogP contribution >= 0.6 is 15.9 Å². The Morgan fingerprint density at radius 1 is 0.679 bits per heavy atom. The zero-order chi connectivity index (χ0) is 40.8. The van der Waals surface area contributed by atoms with Gasteiger partial charge in [0.05, 0.1) is 18.7 Å². The van der Waals surface area contributed by atoms with Crippen molar-refractivity contribution in [1.82, 2.24) is 31.1 Å². The molecular weight excluding hydrogens is 788 g/mol. The quantitative estimate of drug-likeness (QED) is 0.306. The fourth-order valence-corrected chi connectivity index (χ4v) is 7.25. The molecule has 0 radical (unpaired) electrons. The highest BCUT2D eigenvalue weighted by atomic mass is 79.9. The maximum Gasteiger partial charge on any atom is 0.245 e. The number of carbonyl (C=O) groups is 6. The second kappa shape index (κ2) is 17.9. The van der Waals surface area contributed by atoms with E-state index in [1.54, 1.807) is 60.7 Å². The summed E-state index contributed by atoms with van der Waals surface area (Å²) in [7, 11) is 5.92. The van der Waals surface area contributed by atoms with E-state index in [4.69, 9.17) is 14.2 Å². The van der Waals surface area contributed by atoms with Crippen LogP contribution in [0.25, 0.3) is 0 Å². The van der Waals surface area contributed by atoms with Crippen LogP contribution in [0.2, 0.25) is 0 Å². The number of halogens is 1. The number of carbonyl (C=O) groups excluding carboxylic acids is 6. The Kier molecular flexibility index (Phi) is 13.3. The normalized spacial score (nSPS) is 24.1. The van der Waals surface area contributed by atoms with Gasteiger partial charge in [-0.3, -0.25) is 28.8 Å². The van der Waals surface area contributed by atoms with Crippen LogP contribution in [0, 0.1) is 0 Å². The van der Waals surface area contributed by atoms with Crippen LogP contribution < -0.4 is 35.5 Å². The molecule has 1 saturated heterocycles. The molecule has 3 aliphatic rings. The van der Waals surface area contributed by atoms with Crippen molar-refractivity contribution in [2.75, 3.05) is 28.3 Å². The fraction of sp³-hybridized carbons (Fsp3) is 0.400. The van der Waals surface area contributed by atoms with E-state index in [1.807, 2.05) is 0 Å². The number of likely N-dealkylation sites (N-methyl/N-ethyl adjacent to an activating group) is 2. The second-order valence-corrected chi connectivity index (χ2v) is 14.9. The van der Waals surface area contributed by atoms with Crippen molar-refractivity contribution in [3.63, 3.8) is 0 Å². The number of nitrogens with zero attached hydrogens (tertiary/aromatic N) is 2. The lowest BCUT2D eigenvalue weighted by atomic mass is 9.99. The fourth-order valence-electron chi connectivity index (χ4n) is 6.59. The molecule has 6 amide bonds. The maximum atomic E-state index is 14.5. The summed E-state index contributed by atoms with van der Waals surface area (Å²) >= 11 is 3.53. The zero-order valence-corrected chi connectivity index (χ0v) is 33.9. The Morgan fingerprint density at radius 3 is 1.91 bits per heavy atom. The van der Waals surface area contributed by atoms with Gasteiger partial charge in [0.1, 0.15) is 47.8 Å². The first-order chi connectivity index (χ1) is 26.6. The second-order valence-electron chi connectivity index (χ2n) is 14.0. The standard InChI is InChI=1S/C40H47BrN6O9/c1-21-35(48)44-23(3)39(52)46(4)31(18-25-8-12-27(54-6)13-9-25)37(50)43-22(2)36(49)45-30-17-24-10-14-28(15-11-24)56-33-20-26(16-29(41)34(33)55-7)19-32(38(51)42-21)47(5)40(30)53/h8-16,20-23,30-32H,17-19H2,1-7H3,(H,42,51)(H,43,50)(H,44,48)(H,45,49)/t21-,22+,23+,30+,31+,32+/m1/s1. The lowest BCUT2D eigenvalue weighted by Crippen LogP contribution is -2.61. The molecule has 3 heterocycles. The van der Waals surface area contributed by atoms with Crippen LogP contribution in [-0.4, -0.2) is 110 Å². The molecular formula is C40H47BrN6O9. The molecule has 6 bridgehead atoms. The number of amides is 6. The summed E-state index contributed by atoms with van der Waals surface area (Å²) in [4.78, 5) is 86.2. The highest BCUT2D eigenvalue weighted by Gasteiger charge is 2.37. The van der Waals surface area contributed by atoms with Crippen LogP contribution in [0.5, 0.6) is 23.0 Å². The Morgan fingerprint density at radius 2 is 1.29 bits per heavy atom. The van der Waals surface area contributed by atoms with Gasteiger partial charge in [0.15, 0.2) is 11.5 Å². The molecule has 15 nitrogen and oxygen atoms in total. The first-order valence-electron chi connectivity index (χ1n) is 18.1. The van der Waals surface area contributed by atoms with E-state index in [9.17, 15) is 28.8 Å². The molecule has 0 saturated carbocycles. The molecule has 3 aromatic carbocycles. The van der Waals surface area contributed by atoms with E-state index < -0.39 is 71.7 Å². The summed E-state index contributed by atoms with van der Waals surface area (Å²) in [6.45, 7) is 4.41. The van der Waals surface area contributed by atoms with Gasteiger partial charge in [-0.15, -0.1) is 0 Å². The van der Waals surface area contributed by atoms with Gasteiger partial charge >= 0.3 is 0 Å². The molecule has 56 heavy (non-hydrogen) atoms. The van der Waals surface area contributed by atoms with Crippen molar-refractivity contribution in [2.45, 2.75) is 76.3 Å². The summed E-state index contributed by atoms with van der Waals surface area (Å²) in [6.07, 6.45) is 0.0680. The van der Waals surface area contributed by atoms with E-state index >= 15 is 0 Å². The van der Waals surface area contributed by atoms with Gasteiger partial charge in [-0.1, -0.05) is 24.3 Å². The largest absolute Gasteiger partial charge is 0.497 e. The maximum absolute atomic E-state index is 14.5. The summed E-state index contributed by atoms with van der Waals surface area (Å²) in [5.74, 6) is -1.92. The number of fused-ring (bicyclic) bond motifs is 2. The van der Waals surface area contributed by atoms with Crippen molar-refractivity contribution in [3.8, 4) is 23.0 Å². The van der Waals surface area contributed by atoms with Crippen molar-refractivity contribution in [3.05, 3.63) is 81.8 Å². The van der Waals surface area contributed by atoms with Gasteiger partial charge in [-0.2, -0.15) is 0 Å². The number of methoxy groups -OCH3 is 2. The smallest absolute Gasteiger partial charge is 0.245 e. The molecule has 4 N–H and O–H groups in total. The molecule has 6 atom stereocenters. The first kappa shape index (κ1) is 41.5. The lowest BCUT2D eigenvalue weighted by molar-refractivity contribution is -0.144. The topological polar surface area (TPSA) is 185 Å². The summed E-state index contributed by atoms with van der Waals surface area (Å²) in [5, 5.41) is 10.9. The number of hydrogen-bond donors (Lipinski definition) is 4. The molecule has 16 heteroatoms. The van der Waals surface area contributed by atoms with E-state index in [1.165, 1.54) is 58.9 Å². The molecule has 6 rings (SSSR count). The van der Waals surface area contributed by atoms with Crippen LogP contribution in [0.1, 0.15) is 37.5 Å². The third-order valence-electron chi connectivity index (χ3n) is 9.97. The van der Waals surface area contributed by atoms with E-state index in [2.05, 4.69) is 37.2 Å². The number of benzene rings is 3. The zero-order valence-electron chi connectivity index (χ0n) is 32.3. The van der Waals surface area contributed by atoms with Crippen LogP contribution in [-0.2, 0) is 48.0 Å². The van der Waals surface area contributed by atoms with Gasteiger partial charge in [-0.25, -0.2) is 0 Å². The predicted molar refractivity (Wildman–Crippen MR) is 209 cm³/mol. The number of hydrogen-bond acceptors (Lipinski definition) is 9. The Labute approximate surface area is 333 Å². The van der Waals surface area contributed by atoms with Gasteiger partial charge in [0.25, 0.3) is 0 Å². The third kappa shape index (κ3) is 9.59. The molecule has 0 aromatic heterocycles. The number of nitrogens with one attached hydrogen (secondary N) is 4. The van der Waals surface area contributed by atoms with E-state index in [0.717, 1.165) is 0 Å². The van der Waals surface area contributed by atoms with Gasteiger partial charge in [0.2, 0.25) is 35.4 Å². The molecule has 1 fully saturated rings. The van der Waals surface area contributed by atoms with Crippen molar-refractivity contribution < 1.29 is 43.0 Å². The Hall–Kier alpha value is -5.64. The molecule has 3 aliphatic heterocycles. The van der Waals surface area contributed by atoms with E-state index in [0.29, 0.717) is 44.2 Å². The minimum absolute atomic E-state index is 0.0262. The highest BCUT2D eigenvalue weighted by Crippen LogP contribution is 2.39. The van der Waals surface area contributed by atoms with Crippen LogP contribution in [0.4, 0.5) is 0 Å². The average molecular weight is 836 g/mol. The molecule has 0 spiro atoms. The van der Waals surface area contributed by atoms with Gasteiger partial charge in [-0.05, 0) is 89.8 Å². The first-order valence-corrected chi connectivity index (χ1v) is 18.9. The van der Waals surface area contributed by atoms with Crippen molar-refractivity contribution in [1.29, 1.82) is 0 Å². The van der Waals surface area contributed by atoms with Crippen LogP contribution in [0.3, 0.4) is 0 Å². The van der Waals surface area contributed by atoms with Crippen molar-refractivity contribution >= 4 is 51.4 Å². The summed E-state index contributed by atoms with van der Waals surface area (Å²) < 4.78 is 17.6. The van der Waals surface area contributed by atoms with Crippen LogP contribution in [0.15, 0.2) is 65.1 Å². The summed E-state index contributed by atoms with van der Waals surface area (Å²) in [5.41, 5.74) is 1.96. The minimum Gasteiger partial charge on any atom is -0.497 e. The van der Waals surface area contributed by atoms with Gasteiger partial charge < -0.3 is 45.3 Å². The van der Waals surface area contributed by atoms with E-state index in [-0.39, 0.29) is 19.3 Å². The molecule has 0 aliphatic carbocycles. The Bertz CT molecular complexity index is 1980. The van der Waals surface area contributed by atoms with Gasteiger partial charge in [0, 0.05) is 33.4 Å². The average Bonchev–Trinajstić information content (AvgIpc) is 3.17. The number of ether oxygens (including phenoxy) is 3. The predicted octanol–water partition coefficient (Wildman–Crippen LogP) is 2.27. The highest BCUT2D eigenvalue weighted by molar-refractivity contribution is 9.10. The summed E-state index contributed by atoms with van der Waals surface area (Å²) in [6, 6.07) is 10.5. The number of rotatable bonds is 4. The molecule has 0 unspecified atom stereocenters. The van der Waals surface area contributed by atoms with Crippen molar-refractivity contribution in [2.24, 2.45) is 0 Å². The third-order valence-corrected chi connectivity index (χ3v) is 10.6. The molecule has 3 aromatic rings. The monoisotopic (exact) mass is 834 g/mol. The Balaban J connectivity index is 1.56. The lowest BCUT2D eigenvalue weighted by Gasteiger charge is -2.34.